The van der Waals surface area contributed by atoms with E-state index >= 15 is 0 Å². The number of esters is 2. The standard InChI is InChI=1S/C9H13NO4/c1-6(4-5-10)7(8(11)13-2)9(12)14-3/h6-7H,4H2,1-3H3. The smallest absolute Gasteiger partial charge is 0.320 e. The molecule has 0 heterocycles. The first-order chi connectivity index (χ1) is 6.58. The summed E-state index contributed by atoms with van der Waals surface area (Å²) in [5.74, 6) is -2.75. The van der Waals surface area contributed by atoms with E-state index in [0.29, 0.717) is 0 Å². The van der Waals surface area contributed by atoms with Crippen molar-refractivity contribution in [2.24, 2.45) is 11.8 Å². The molecule has 0 aromatic heterocycles. The molecule has 0 bridgehead atoms. The van der Waals surface area contributed by atoms with Gasteiger partial charge in [-0.15, -0.1) is 0 Å². The van der Waals surface area contributed by atoms with E-state index in [4.69, 9.17) is 5.26 Å². The van der Waals surface area contributed by atoms with Crippen LogP contribution in [-0.2, 0) is 19.1 Å². The van der Waals surface area contributed by atoms with Crippen molar-refractivity contribution in [1.82, 2.24) is 0 Å². The summed E-state index contributed by atoms with van der Waals surface area (Å²) >= 11 is 0. The fraction of sp³-hybridized carbons (Fsp3) is 0.667. The molecule has 0 aliphatic heterocycles. The van der Waals surface area contributed by atoms with Crippen LogP contribution in [0.1, 0.15) is 13.3 Å². The van der Waals surface area contributed by atoms with E-state index in [1.165, 1.54) is 14.2 Å². The molecule has 0 rings (SSSR count). The van der Waals surface area contributed by atoms with Crippen LogP contribution in [0.4, 0.5) is 0 Å². The quantitative estimate of drug-likeness (QED) is 0.486. The lowest BCUT2D eigenvalue weighted by molar-refractivity contribution is -0.161. The summed E-state index contributed by atoms with van der Waals surface area (Å²) in [6, 6.07) is 1.89. The summed E-state index contributed by atoms with van der Waals surface area (Å²) < 4.78 is 8.91. The number of nitriles is 1. The normalized spacial score (nSPS) is 11.6. The Morgan fingerprint density at radius 1 is 1.29 bits per heavy atom. The Morgan fingerprint density at radius 3 is 2.00 bits per heavy atom. The summed E-state index contributed by atoms with van der Waals surface area (Å²) in [6.45, 7) is 1.63. The molecular weight excluding hydrogens is 186 g/mol. The largest absolute Gasteiger partial charge is 0.468 e. The monoisotopic (exact) mass is 199 g/mol. The molecule has 0 fully saturated rings. The van der Waals surface area contributed by atoms with Gasteiger partial charge in [0.05, 0.1) is 20.3 Å². The topological polar surface area (TPSA) is 76.4 Å². The first-order valence-corrected chi connectivity index (χ1v) is 4.11. The van der Waals surface area contributed by atoms with Gasteiger partial charge in [0.15, 0.2) is 5.92 Å². The maximum Gasteiger partial charge on any atom is 0.320 e. The Labute approximate surface area is 82.6 Å². The zero-order valence-electron chi connectivity index (χ0n) is 8.44. The van der Waals surface area contributed by atoms with Crippen molar-refractivity contribution in [1.29, 1.82) is 5.26 Å². The third-order valence-corrected chi connectivity index (χ3v) is 1.89. The van der Waals surface area contributed by atoms with Crippen LogP contribution in [0.25, 0.3) is 0 Å². The fourth-order valence-corrected chi connectivity index (χ4v) is 1.08. The van der Waals surface area contributed by atoms with Gasteiger partial charge in [-0.2, -0.15) is 5.26 Å². The third kappa shape index (κ3) is 3.05. The summed E-state index contributed by atoms with van der Waals surface area (Å²) in [7, 11) is 2.38. The molecule has 78 valence electrons. The molecule has 0 N–H and O–H groups in total. The van der Waals surface area contributed by atoms with E-state index in [1.807, 2.05) is 6.07 Å². The summed E-state index contributed by atoms with van der Waals surface area (Å²) in [5.41, 5.74) is 0. The Kier molecular flexibility index (Phi) is 5.30. The van der Waals surface area contributed by atoms with Gasteiger partial charge in [-0.3, -0.25) is 9.59 Å². The molecule has 5 heteroatoms. The van der Waals surface area contributed by atoms with Gasteiger partial charge in [0.2, 0.25) is 0 Å². The average molecular weight is 199 g/mol. The van der Waals surface area contributed by atoms with Gasteiger partial charge in [0.1, 0.15) is 0 Å². The Bertz CT molecular complexity index is 240. The molecule has 0 aromatic carbocycles. The number of hydrogen-bond donors (Lipinski definition) is 0. The van der Waals surface area contributed by atoms with Gasteiger partial charge >= 0.3 is 11.9 Å². The Morgan fingerprint density at radius 2 is 1.71 bits per heavy atom. The van der Waals surface area contributed by atoms with Crippen LogP contribution < -0.4 is 0 Å². The highest BCUT2D eigenvalue weighted by Crippen LogP contribution is 2.18. The zero-order valence-corrected chi connectivity index (χ0v) is 8.44. The van der Waals surface area contributed by atoms with E-state index in [-0.39, 0.29) is 6.42 Å². The van der Waals surface area contributed by atoms with E-state index in [9.17, 15) is 9.59 Å². The number of hydrogen-bond acceptors (Lipinski definition) is 5. The van der Waals surface area contributed by atoms with Gasteiger partial charge in [-0.05, 0) is 5.92 Å². The lowest BCUT2D eigenvalue weighted by Crippen LogP contribution is -2.32. The molecule has 0 radical (unpaired) electrons. The molecule has 1 unspecified atom stereocenters. The number of carbonyl (C=O) groups excluding carboxylic acids is 2. The maximum absolute atomic E-state index is 11.2. The van der Waals surface area contributed by atoms with E-state index in [2.05, 4.69) is 9.47 Å². The number of rotatable bonds is 4. The average Bonchev–Trinajstić information content (AvgIpc) is 2.17. The van der Waals surface area contributed by atoms with Crippen LogP contribution in [0.2, 0.25) is 0 Å². The SMILES string of the molecule is COC(=O)C(C(=O)OC)C(C)CC#N. The van der Waals surface area contributed by atoms with Gasteiger partial charge in [0.25, 0.3) is 0 Å². The van der Waals surface area contributed by atoms with Gasteiger partial charge in [0, 0.05) is 6.42 Å². The highest BCUT2D eigenvalue weighted by atomic mass is 16.5. The number of methoxy groups -OCH3 is 2. The third-order valence-electron chi connectivity index (χ3n) is 1.89. The number of ether oxygens (including phenoxy) is 2. The molecule has 5 nitrogen and oxygen atoms in total. The summed E-state index contributed by atoms with van der Waals surface area (Å²) in [4.78, 5) is 22.4. The summed E-state index contributed by atoms with van der Waals surface area (Å²) in [6.07, 6.45) is 0.106. The zero-order chi connectivity index (χ0) is 11.1. The number of carbonyl (C=O) groups is 2. The molecule has 14 heavy (non-hydrogen) atoms. The fourth-order valence-electron chi connectivity index (χ4n) is 1.08. The highest BCUT2D eigenvalue weighted by Gasteiger charge is 2.33. The van der Waals surface area contributed by atoms with E-state index < -0.39 is 23.8 Å². The maximum atomic E-state index is 11.2. The van der Waals surface area contributed by atoms with Crippen LogP contribution >= 0.6 is 0 Å². The molecule has 1 atom stereocenters. The van der Waals surface area contributed by atoms with Crippen LogP contribution in [0.5, 0.6) is 0 Å². The minimum atomic E-state index is -1.01. The van der Waals surface area contributed by atoms with E-state index in [0.717, 1.165) is 0 Å². The van der Waals surface area contributed by atoms with Gasteiger partial charge < -0.3 is 9.47 Å². The molecular formula is C9H13NO4. The Hall–Kier alpha value is -1.57. The van der Waals surface area contributed by atoms with Crippen molar-refractivity contribution in [2.45, 2.75) is 13.3 Å². The minimum absolute atomic E-state index is 0.106. The molecule has 0 aliphatic rings. The lowest BCUT2D eigenvalue weighted by Gasteiger charge is -2.16. The second-order valence-corrected chi connectivity index (χ2v) is 2.86. The van der Waals surface area contributed by atoms with E-state index in [1.54, 1.807) is 6.92 Å². The van der Waals surface area contributed by atoms with Crippen LogP contribution in [-0.4, -0.2) is 26.2 Å². The highest BCUT2D eigenvalue weighted by molar-refractivity contribution is 5.95. The molecule has 0 amide bonds. The first kappa shape index (κ1) is 12.4. The van der Waals surface area contributed by atoms with Crippen molar-refractivity contribution in [3.63, 3.8) is 0 Å². The second-order valence-electron chi connectivity index (χ2n) is 2.86. The lowest BCUT2D eigenvalue weighted by atomic mass is 9.92. The molecule has 0 aliphatic carbocycles. The van der Waals surface area contributed by atoms with Crippen molar-refractivity contribution in [3.8, 4) is 6.07 Å². The number of nitrogens with zero attached hydrogens (tertiary/aromatic N) is 1. The molecule has 0 saturated heterocycles. The minimum Gasteiger partial charge on any atom is -0.468 e. The van der Waals surface area contributed by atoms with Crippen LogP contribution in [0.3, 0.4) is 0 Å². The van der Waals surface area contributed by atoms with Crippen molar-refractivity contribution in [3.05, 3.63) is 0 Å². The van der Waals surface area contributed by atoms with Crippen molar-refractivity contribution in [2.75, 3.05) is 14.2 Å². The summed E-state index contributed by atoms with van der Waals surface area (Å²) in [5, 5.41) is 8.44. The van der Waals surface area contributed by atoms with Gasteiger partial charge in [-0.25, -0.2) is 0 Å². The first-order valence-electron chi connectivity index (χ1n) is 4.11. The van der Waals surface area contributed by atoms with Crippen LogP contribution in [0.15, 0.2) is 0 Å². The molecule has 0 spiro atoms. The van der Waals surface area contributed by atoms with Crippen molar-refractivity contribution < 1.29 is 19.1 Å². The van der Waals surface area contributed by atoms with Crippen molar-refractivity contribution >= 4 is 11.9 Å². The second kappa shape index (κ2) is 5.97. The molecule has 0 aromatic rings. The van der Waals surface area contributed by atoms with Gasteiger partial charge in [-0.1, -0.05) is 6.92 Å². The Balaban J connectivity index is 4.64. The van der Waals surface area contributed by atoms with Crippen LogP contribution in [0, 0.1) is 23.2 Å². The molecule has 0 saturated carbocycles. The predicted molar refractivity (Wildman–Crippen MR) is 46.9 cm³/mol. The predicted octanol–water partition coefficient (Wildman–Crippen LogP) is 0.498.